The number of aryl methyl sites for hydroxylation is 1. The van der Waals surface area contributed by atoms with E-state index >= 15 is 0 Å². The van der Waals surface area contributed by atoms with Crippen molar-refractivity contribution in [3.8, 4) is 0 Å². The molecule has 20 heavy (non-hydrogen) atoms. The summed E-state index contributed by atoms with van der Waals surface area (Å²) < 4.78 is 0. The van der Waals surface area contributed by atoms with Gasteiger partial charge in [-0.3, -0.25) is 4.98 Å². The number of hydrogen-bond acceptors (Lipinski definition) is 2. The van der Waals surface area contributed by atoms with E-state index in [1.807, 2.05) is 24.4 Å². The normalized spacial score (nSPS) is 12.4. The molecule has 2 nitrogen and oxygen atoms in total. The van der Waals surface area contributed by atoms with Gasteiger partial charge in [0.1, 0.15) is 0 Å². The van der Waals surface area contributed by atoms with Crippen LogP contribution in [-0.2, 0) is 6.54 Å². The molecule has 1 atom stereocenters. The quantitative estimate of drug-likeness (QED) is 0.846. The van der Waals surface area contributed by atoms with E-state index in [4.69, 9.17) is 23.2 Å². The summed E-state index contributed by atoms with van der Waals surface area (Å²) in [4.78, 5) is 4.40. The van der Waals surface area contributed by atoms with Crippen molar-refractivity contribution in [2.75, 3.05) is 0 Å². The summed E-state index contributed by atoms with van der Waals surface area (Å²) in [5.41, 5.74) is 3.33. The second kappa shape index (κ2) is 7.07. The number of aromatic nitrogens is 1. The monoisotopic (exact) mass is 308 g/mol. The topological polar surface area (TPSA) is 24.9 Å². The number of hydrogen-bond donors (Lipinski definition) is 1. The Hall–Kier alpha value is -1.09. The Kier molecular flexibility index (Phi) is 5.41. The first kappa shape index (κ1) is 15.3. The van der Waals surface area contributed by atoms with Crippen molar-refractivity contribution in [3.63, 3.8) is 0 Å². The average Bonchev–Trinajstić information content (AvgIpc) is 2.43. The third kappa shape index (κ3) is 3.72. The van der Waals surface area contributed by atoms with Crippen LogP contribution in [-0.4, -0.2) is 4.98 Å². The number of halogens is 2. The van der Waals surface area contributed by atoms with Gasteiger partial charge in [0.2, 0.25) is 0 Å². The van der Waals surface area contributed by atoms with Gasteiger partial charge in [-0.25, -0.2) is 0 Å². The first-order valence-corrected chi connectivity index (χ1v) is 7.46. The Morgan fingerprint density at radius 2 is 2.05 bits per heavy atom. The van der Waals surface area contributed by atoms with Gasteiger partial charge in [0.05, 0.1) is 5.69 Å². The van der Waals surface area contributed by atoms with Gasteiger partial charge < -0.3 is 5.32 Å². The molecule has 0 fully saturated rings. The summed E-state index contributed by atoms with van der Waals surface area (Å²) in [5.74, 6) is 0. The van der Waals surface area contributed by atoms with Crippen LogP contribution in [0.5, 0.6) is 0 Å². The van der Waals surface area contributed by atoms with Gasteiger partial charge in [0.15, 0.2) is 0 Å². The molecule has 0 saturated carbocycles. The molecule has 0 aliphatic rings. The predicted octanol–water partition coefficient (Wildman–Crippen LogP) is 4.94. The second-order valence-electron chi connectivity index (χ2n) is 4.77. The van der Waals surface area contributed by atoms with E-state index in [2.05, 4.69) is 30.2 Å². The van der Waals surface area contributed by atoms with Crippen LogP contribution in [0.4, 0.5) is 0 Å². The maximum absolute atomic E-state index is 6.28. The third-order valence-corrected chi connectivity index (χ3v) is 3.94. The largest absolute Gasteiger partial charge is 0.304 e. The zero-order valence-electron chi connectivity index (χ0n) is 11.7. The Bertz CT molecular complexity index is 584. The summed E-state index contributed by atoms with van der Waals surface area (Å²) in [6, 6.07) is 9.86. The van der Waals surface area contributed by atoms with E-state index in [1.165, 1.54) is 5.56 Å². The summed E-state index contributed by atoms with van der Waals surface area (Å²) in [7, 11) is 0. The van der Waals surface area contributed by atoms with Crippen LogP contribution >= 0.6 is 23.2 Å². The summed E-state index contributed by atoms with van der Waals surface area (Å²) in [5, 5.41) is 4.88. The average molecular weight is 309 g/mol. The van der Waals surface area contributed by atoms with Gasteiger partial charge in [-0.05, 0) is 42.7 Å². The molecule has 0 saturated heterocycles. The number of benzene rings is 1. The maximum Gasteiger partial charge on any atom is 0.0570 e. The molecule has 106 valence electrons. The summed E-state index contributed by atoms with van der Waals surface area (Å²) >= 11 is 12.2. The van der Waals surface area contributed by atoms with E-state index in [0.29, 0.717) is 10.0 Å². The molecule has 2 aromatic rings. The molecule has 0 aliphatic heterocycles. The van der Waals surface area contributed by atoms with Crippen LogP contribution in [0.1, 0.15) is 36.2 Å². The molecule has 1 unspecified atom stereocenters. The fourth-order valence-corrected chi connectivity index (χ4v) is 2.72. The fourth-order valence-electron chi connectivity index (χ4n) is 2.18. The second-order valence-corrected chi connectivity index (χ2v) is 5.62. The highest BCUT2D eigenvalue weighted by molar-refractivity contribution is 6.35. The number of nitrogens with one attached hydrogen (secondary N) is 1. The molecule has 1 heterocycles. The lowest BCUT2D eigenvalue weighted by Gasteiger charge is -2.19. The van der Waals surface area contributed by atoms with Gasteiger partial charge in [0.25, 0.3) is 0 Å². The summed E-state index contributed by atoms with van der Waals surface area (Å²) in [6.45, 7) is 4.93. The smallest absolute Gasteiger partial charge is 0.0570 e. The first-order valence-electron chi connectivity index (χ1n) is 6.70. The highest BCUT2D eigenvalue weighted by Gasteiger charge is 2.13. The van der Waals surface area contributed by atoms with E-state index in [9.17, 15) is 0 Å². The Morgan fingerprint density at radius 3 is 2.70 bits per heavy atom. The Morgan fingerprint density at radius 1 is 1.25 bits per heavy atom. The van der Waals surface area contributed by atoms with Gasteiger partial charge in [-0.15, -0.1) is 0 Å². The van der Waals surface area contributed by atoms with Gasteiger partial charge in [-0.2, -0.15) is 0 Å². The van der Waals surface area contributed by atoms with Gasteiger partial charge in [0, 0.05) is 28.8 Å². The lowest BCUT2D eigenvalue weighted by molar-refractivity contribution is 0.513. The molecule has 2 rings (SSSR count). The molecular weight excluding hydrogens is 291 g/mol. The Labute approximate surface area is 130 Å². The predicted molar refractivity (Wildman–Crippen MR) is 85.3 cm³/mol. The minimum absolute atomic E-state index is 0.196. The lowest BCUT2D eigenvalue weighted by atomic mass is 10.0. The van der Waals surface area contributed by atoms with Crippen molar-refractivity contribution in [3.05, 3.63) is 63.4 Å². The van der Waals surface area contributed by atoms with Crippen LogP contribution < -0.4 is 5.32 Å². The van der Waals surface area contributed by atoms with Gasteiger partial charge in [-0.1, -0.05) is 42.3 Å². The number of nitrogens with zero attached hydrogens (tertiary/aromatic N) is 1. The molecule has 0 spiro atoms. The van der Waals surface area contributed by atoms with E-state index in [-0.39, 0.29) is 6.04 Å². The van der Waals surface area contributed by atoms with Gasteiger partial charge >= 0.3 is 0 Å². The van der Waals surface area contributed by atoms with E-state index in [0.717, 1.165) is 24.2 Å². The first-order chi connectivity index (χ1) is 9.61. The van der Waals surface area contributed by atoms with Crippen molar-refractivity contribution in [1.29, 1.82) is 0 Å². The molecule has 4 heteroatoms. The maximum atomic E-state index is 6.28. The fraction of sp³-hybridized carbons (Fsp3) is 0.312. The van der Waals surface area contributed by atoms with Crippen molar-refractivity contribution in [1.82, 2.24) is 10.3 Å². The molecule has 1 aromatic heterocycles. The van der Waals surface area contributed by atoms with E-state index in [1.54, 1.807) is 6.07 Å². The van der Waals surface area contributed by atoms with Crippen molar-refractivity contribution in [2.24, 2.45) is 0 Å². The third-order valence-electron chi connectivity index (χ3n) is 3.38. The minimum atomic E-state index is 0.196. The highest BCUT2D eigenvalue weighted by atomic mass is 35.5. The number of rotatable bonds is 5. The molecule has 0 amide bonds. The molecule has 0 aliphatic carbocycles. The molecule has 0 bridgehead atoms. The molecule has 0 radical (unpaired) electrons. The molecular formula is C16H18Cl2N2. The van der Waals surface area contributed by atoms with Crippen molar-refractivity contribution < 1.29 is 0 Å². The number of pyridine rings is 1. The zero-order chi connectivity index (χ0) is 14.5. The highest BCUT2D eigenvalue weighted by Crippen LogP contribution is 2.28. The SMILES string of the molecule is CCC(NCc1ncccc1C)c1ccc(Cl)cc1Cl. The van der Waals surface area contributed by atoms with Crippen molar-refractivity contribution >= 4 is 23.2 Å². The van der Waals surface area contributed by atoms with Crippen LogP contribution in [0.3, 0.4) is 0 Å². The lowest BCUT2D eigenvalue weighted by Crippen LogP contribution is -2.21. The van der Waals surface area contributed by atoms with Crippen LogP contribution in [0.25, 0.3) is 0 Å². The Balaban J connectivity index is 2.11. The minimum Gasteiger partial charge on any atom is -0.304 e. The molecule has 1 aromatic carbocycles. The molecule has 1 N–H and O–H groups in total. The van der Waals surface area contributed by atoms with Crippen LogP contribution in [0, 0.1) is 6.92 Å². The standard InChI is InChI=1S/C16H18Cl2N2/c1-3-15(13-7-6-12(17)9-14(13)18)20-10-16-11(2)5-4-8-19-16/h4-9,15,20H,3,10H2,1-2H3. The van der Waals surface area contributed by atoms with Crippen LogP contribution in [0.15, 0.2) is 36.5 Å². The van der Waals surface area contributed by atoms with Crippen LogP contribution in [0.2, 0.25) is 10.0 Å². The van der Waals surface area contributed by atoms with Crippen molar-refractivity contribution in [2.45, 2.75) is 32.9 Å². The summed E-state index contributed by atoms with van der Waals surface area (Å²) in [6.07, 6.45) is 2.77. The van der Waals surface area contributed by atoms with E-state index < -0.39 is 0 Å². The zero-order valence-corrected chi connectivity index (χ0v) is 13.2.